The molecule has 0 bridgehead atoms. The molecule has 0 spiro atoms. The van der Waals surface area contributed by atoms with E-state index in [9.17, 15) is 4.79 Å². The molecule has 14 heavy (non-hydrogen) atoms. The van der Waals surface area contributed by atoms with Crippen molar-refractivity contribution in [3.8, 4) is 0 Å². The molecule has 0 aliphatic carbocycles. The maximum atomic E-state index is 9.70. The van der Waals surface area contributed by atoms with Crippen LogP contribution >= 0.6 is 0 Å². The minimum absolute atomic E-state index is 0.00463. The second kappa shape index (κ2) is 22.8. The maximum absolute atomic E-state index is 9.70. The van der Waals surface area contributed by atoms with Crippen molar-refractivity contribution in [2.75, 3.05) is 27.2 Å². The lowest BCUT2D eigenvalue weighted by Crippen LogP contribution is -2.11. The van der Waals surface area contributed by atoms with E-state index in [0.717, 1.165) is 0 Å². The summed E-state index contributed by atoms with van der Waals surface area (Å²) in [5, 5.41) is 5.61. The molecule has 4 N–H and O–H groups in total. The van der Waals surface area contributed by atoms with Crippen molar-refractivity contribution in [3.63, 3.8) is 0 Å². The number of carbonyl (C=O) groups is 1. The minimum atomic E-state index is 0.00463. The van der Waals surface area contributed by atoms with Crippen molar-refractivity contribution >= 4 is 5.91 Å². The molecule has 0 aromatic heterocycles. The van der Waals surface area contributed by atoms with E-state index < -0.39 is 0 Å². The smallest absolute Gasteiger partial charge is 0.216 e. The van der Waals surface area contributed by atoms with E-state index in [1.54, 1.807) is 7.05 Å². The molecule has 0 aromatic rings. The predicted molar refractivity (Wildman–Crippen MR) is 63.3 cm³/mol. The van der Waals surface area contributed by atoms with E-state index in [1.807, 2.05) is 13.8 Å². The van der Waals surface area contributed by atoms with Gasteiger partial charge in [-0.2, -0.15) is 0 Å². The van der Waals surface area contributed by atoms with Crippen LogP contribution in [0.15, 0.2) is 0 Å². The molecular weight excluding hydrogens is 178 g/mol. The van der Waals surface area contributed by atoms with Gasteiger partial charge < -0.3 is 16.4 Å². The van der Waals surface area contributed by atoms with E-state index in [4.69, 9.17) is 0 Å². The molecule has 88 valence electrons. The van der Waals surface area contributed by atoms with Crippen molar-refractivity contribution in [1.82, 2.24) is 10.6 Å². The second-order valence-electron chi connectivity index (χ2n) is 2.26. The lowest BCUT2D eigenvalue weighted by Gasteiger charge is -1.80. The first-order valence-corrected chi connectivity index (χ1v) is 5.24. The van der Waals surface area contributed by atoms with Gasteiger partial charge in [-0.3, -0.25) is 4.79 Å². The van der Waals surface area contributed by atoms with Crippen LogP contribution in [0.2, 0.25) is 0 Å². The van der Waals surface area contributed by atoms with E-state index in [-0.39, 0.29) is 5.91 Å². The van der Waals surface area contributed by atoms with Gasteiger partial charge in [-0.05, 0) is 33.0 Å². The Bertz CT molecular complexity index is 85.8. The molecule has 1 aliphatic heterocycles. The Balaban J connectivity index is -0.000000128. The summed E-state index contributed by atoms with van der Waals surface area (Å²) >= 11 is 0. The van der Waals surface area contributed by atoms with Crippen molar-refractivity contribution < 1.29 is 4.79 Å². The van der Waals surface area contributed by atoms with Crippen LogP contribution in [0.3, 0.4) is 0 Å². The minimum Gasteiger partial charge on any atom is -0.359 e. The highest BCUT2D eigenvalue weighted by atomic mass is 16.1. The monoisotopic (exact) mass is 205 g/mol. The average molecular weight is 205 g/mol. The van der Waals surface area contributed by atoms with Gasteiger partial charge in [0.1, 0.15) is 0 Å². The number of carbonyl (C=O) groups excluding carboxylic acids is 1. The van der Waals surface area contributed by atoms with Crippen LogP contribution in [0.5, 0.6) is 0 Å². The predicted octanol–water partition coefficient (Wildman–Crippen LogP) is 0.723. The van der Waals surface area contributed by atoms with Crippen LogP contribution < -0.4 is 16.4 Å². The molecule has 0 unspecified atom stereocenters. The third kappa shape index (κ3) is 30.1. The lowest BCUT2D eigenvalue weighted by atomic mass is 10.4. The number of amides is 1. The van der Waals surface area contributed by atoms with Crippen LogP contribution in [0, 0.1) is 0 Å². The summed E-state index contributed by atoms with van der Waals surface area (Å²) in [7, 11) is 3.10. The quantitative estimate of drug-likeness (QED) is 0.546. The molecule has 1 aliphatic rings. The lowest BCUT2D eigenvalue weighted by molar-refractivity contribution is -0.118. The van der Waals surface area contributed by atoms with Crippen molar-refractivity contribution in [3.05, 3.63) is 0 Å². The molecule has 0 atom stereocenters. The average Bonchev–Trinajstić information content (AvgIpc) is 2.82. The highest BCUT2D eigenvalue weighted by molar-refractivity contribution is 5.72. The maximum Gasteiger partial charge on any atom is 0.216 e. The molecule has 0 aromatic carbocycles. The molecule has 1 heterocycles. The molecule has 0 radical (unpaired) electrons. The molecule has 4 heteroatoms. The Kier molecular flexibility index (Phi) is 31.1. The molecule has 1 fully saturated rings. The fraction of sp³-hybridized carbons (Fsp3) is 0.900. The highest BCUT2D eigenvalue weighted by Gasteiger charge is 1.93. The van der Waals surface area contributed by atoms with Crippen molar-refractivity contribution in [1.29, 1.82) is 0 Å². The van der Waals surface area contributed by atoms with Crippen LogP contribution in [-0.4, -0.2) is 33.1 Å². The standard InChI is InChI=1S/C4H9N.C3H7NO.C2H6.CH5N/c1-2-4-5-3-1;1-3(5)4-2;2*1-2/h5H,1-4H2;1-2H3,(H,4,5);1-2H3;2H2,1H3. The van der Waals surface area contributed by atoms with Crippen LogP contribution in [0.1, 0.15) is 33.6 Å². The highest BCUT2D eigenvalue weighted by Crippen LogP contribution is 1.90. The van der Waals surface area contributed by atoms with E-state index in [1.165, 1.54) is 39.9 Å². The van der Waals surface area contributed by atoms with Gasteiger partial charge in [0.05, 0.1) is 0 Å². The summed E-state index contributed by atoms with van der Waals surface area (Å²) in [4.78, 5) is 9.70. The Morgan fingerprint density at radius 1 is 1.21 bits per heavy atom. The molecular formula is C10H27N3O. The Morgan fingerprint density at radius 3 is 1.57 bits per heavy atom. The summed E-state index contributed by atoms with van der Waals surface area (Å²) in [6, 6.07) is 0. The fourth-order valence-corrected chi connectivity index (χ4v) is 0.625. The van der Waals surface area contributed by atoms with E-state index in [0.29, 0.717) is 0 Å². The first-order chi connectivity index (χ1) is 6.77. The third-order valence-electron chi connectivity index (χ3n) is 1.31. The summed E-state index contributed by atoms with van der Waals surface area (Å²) in [5.74, 6) is 0.00463. The zero-order valence-corrected chi connectivity index (χ0v) is 10.3. The first-order valence-electron chi connectivity index (χ1n) is 5.24. The fourth-order valence-electron chi connectivity index (χ4n) is 0.625. The number of hydrogen-bond acceptors (Lipinski definition) is 3. The van der Waals surface area contributed by atoms with Crippen LogP contribution in [0.4, 0.5) is 0 Å². The summed E-state index contributed by atoms with van der Waals surface area (Å²) in [6.45, 7) is 7.97. The summed E-state index contributed by atoms with van der Waals surface area (Å²) < 4.78 is 0. The van der Waals surface area contributed by atoms with Gasteiger partial charge in [0.25, 0.3) is 0 Å². The van der Waals surface area contributed by atoms with Gasteiger partial charge in [-0.15, -0.1) is 0 Å². The SMILES string of the molecule is C1CCNC1.CC.CN.CNC(C)=O. The van der Waals surface area contributed by atoms with Gasteiger partial charge in [0.2, 0.25) is 5.91 Å². The van der Waals surface area contributed by atoms with Gasteiger partial charge in [-0.25, -0.2) is 0 Å². The van der Waals surface area contributed by atoms with Gasteiger partial charge in [0.15, 0.2) is 0 Å². The number of rotatable bonds is 0. The van der Waals surface area contributed by atoms with Crippen molar-refractivity contribution in [2.24, 2.45) is 5.73 Å². The number of hydrogen-bond donors (Lipinski definition) is 3. The third-order valence-corrected chi connectivity index (χ3v) is 1.31. The zero-order valence-electron chi connectivity index (χ0n) is 10.3. The molecule has 4 nitrogen and oxygen atoms in total. The van der Waals surface area contributed by atoms with Gasteiger partial charge in [0, 0.05) is 14.0 Å². The second-order valence-corrected chi connectivity index (χ2v) is 2.26. The molecule has 1 rings (SSSR count). The van der Waals surface area contributed by atoms with Gasteiger partial charge >= 0.3 is 0 Å². The summed E-state index contributed by atoms with van der Waals surface area (Å²) in [5.41, 5.74) is 4.50. The summed E-state index contributed by atoms with van der Waals surface area (Å²) in [6.07, 6.45) is 2.78. The zero-order chi connectivity index (χ0) is 11.8. The normalized spacial score (nSPS) is 11.9. The molecule has 1 amide bonds. The van der Waals surface area contributed by atoms with E-state index in [2.05, 4.69) is 16.4 Å². The topological polar surface area (TPSA) is 67.2 Å². The molecule has 0 saturated carbocycles. The Hall–Kier alpha value is -0.610. The van der Waals surface area contributed by atoms with Crippen LogP contribution in [0.25, 0.3) is 0 Å². The van der Waals surface area contributed by atoms with Crippen LogP contribution in [-0.2, 0) is 4.79 Å². The first kappa shape index (κ1) is 19.0. The largest absolute Gasteiger partial charge is 0.359 e. The van der Waals surface area contributed by atoms with Crippen molar-refractivity contribution in [2.45, 2.75) is 33.6 Å². The Labute approximate surface area is 88.6 Å². The number of nitrogens with one attached hydrogen (secondary N) is 2. The Morgan fingerprint density at radius 2 is 1.50 bits per heavy atom. The number of nitrogens with two attached hydrogens (primary N) is 1. The molecule has 1 saturated heterocycles. The van der Waals surface area contributed by atoms with E-state index >= 15 is 0 Å². The van der Waals surface area contributed by atoms with Gasteiger partial charge in [-0.1, -0.05) is 13.8 Å².